The average molecular weight is 1230 g/mol. The van der Waals surface area contributed by atoms with Crippen molar-refractivity contribution >= 4 is 5.91 Å². The first kappa shape index (κ1) is 83.2. The number of amides is 1. The van der Waals surface area contributed by atoms with Gasteiger partial charge in [0.05, 0.1) is 25.4 Å². The van der Waals surface area contributed by atoms with E-state index in [1.807, 2.05) is 6.08 Å². The molecule has 1 amide bonds. The fraction of sp³-hybridized carbons (Fsp3) is 0.885. The van der Waals surface area contributed by atoms with Gasteiger partial charge in [-0.05, 0) is 64.2 Å². The number of nitrogens with one attached hydrogen (secondary N) is 1. The molecule has 1 saturated heterocycles. The van der Waals surface area contributed by atoms with Crippen LogP contribution >= 0.6 is 0 Å². The zero-order chi connectivity index (χ0) is 62.8. The zero-order valence-corrected chi connectivity index (χ0v) is 57.5. The van der Waals surface area contributed by atoms with Crippen LogP contribution in [-0.4, -0.2) is 87.5 Å². The number of allylic oxidation sites excluding steroid dienone is 7. The quantitative estimate of drug-likeness (QED) is 0.0261. The zero-order valence-electron chi connectivity index (χ0n) is 57.5. The van der Waals surface area contributed by atoms with Crippen molar-refractivity contribution in [1.29, 1.82) is 0 Å². The summed E-state index contributed by atoms with van der Waals surface area (Å²) in [5.41, 5.74) is 0. The number of aliphatic hydroxyl groups excluding tert-OH is 5. The maximum absolute atomic E-state index is 13.2. The first-order valence-electron chi connectivity index (χ1n) is 38.4. The van der Waals surface area contributed by atoms with Gasteiger partial charge in [-0.25, -0.2) is 0 Å². The monoisotopic (exact) mass is 1230 g/mol. The maximum Gasteiger partial charge on any atom is 0.220 e. The summed E-state index contributed by atoms with van der Waals surface area (Å²) in [4.78, 5) is 13.2. The van der Waals surface area contributed by atoms with Gasteiger partial charge in [0.15, 0.2) is 6.29 Å². The third kappa shape index (κ3) is 55.5. The average Bonchev–Trinajstić information content (AvgIpc) is 3.47. The van der Waals surface area contributed by atoms with Crippen LogP contribution in [0.25, 0.3) is 0 Å². The highest BCUT2D eigenvalue weighted by atomic mass is 16.7. The summed E-state index contributed by atoms with van der Waals surface area (Å²) >= 11 is 0. The first-order chi connectivity index (χ1) is 42.8. The molecule has 512 valence electrons. The summed E-state index contributed by atoms with van der Waals surface area (Å²) in [7, 11) is 0. The van der Waals surface area contributed by atoms with Crippen molar-refractivity contribution in [2.75, 3.05) is 13.2 Å². The van der Waals surface area contributed by atoms with E-state index >= 15 is 0 Å². The summed E-state index contributed by atoms with van der Waals surface area (Å²) in [6.45, 7) is 3.81. The van der Waals surface area contributed by atoms with E-state index < -0.39 is 49.5 Å². The molecule has 1 fully saturated rings. The van der Waals surface area contributed by atoms with Gasteiger partial charge < -0.3 is 40.3 Å². The van der Waals surface area contributed by atoms with E-state index in [-0.39, 0.29) is 12.5 Å². The van der Waals surface area contributed by atoms with Gasteiger partial charge in [-0.15, -0.1) is 0 Å². The van der Waals surface area contributed by atoms with Gasteiger partial charge in [0.25, 0.3) is 0 Å². The highest BCUT2D eigenvalue weighted by Crippen LogP contribution is 2.24. The first-order valence-corrected chi connectivity index (χ1v) is 38.4. The summed E-state index contributed by atoms with van der Waals surface area (Å²) < 4.78 is 11.3. The third-order valence-electron chi connectivity index (χ3n) is 18.4. The predicted molar refractivity (Wildman–Crippen MR) is 373 cm³/mol. The number of hydrogen-bond acceptors (Lipinski definition) is 8. The lowest BCUT2D eigenvalue weighted by atomic mass is 9.99. The standard InChI is InChI=1S/C78H147NO8/c1-3-5-7-9-11-13-15-17-19-21-23-25-27-29-31-33-34-35-36-37-38-40-42-44-46-48-50-52-54-56-58-60-62-64-66-68-74(82)79-71(70-86-78-77(85)76(84)75(83)73(69-80)87-78)72(81)67-65-63-61-59-57-55-53-51-49-47-45-43-41-39-32-30-28-26-24-22-20-18-16-14-12-10-8-6-4-2/h15,17,21,23,57,59,65,67,71-73,75-78,80-81,83-85H,3-14,16,18-20,22,24-56,58,60-64,66,68-70H2,1-2H3,(H,79,82)/b17-15-,23-21-,59-57+,67-65+. The van der Waals surface area contributed by atoms with Crippen LogP contribution in [0.1, 0.15) is 386 Å². The number of hydrogen-bond donors (Lipinski definition) is 6. The van der Waals surface area contributed by atoms with E-state index in [1.165, 1.54) is 321 Å². The van der Waals surface area contributed by atoms with E-state index in [0.29, 0.717) is 6.42 Å². The molecular weight excluding hydrogens is 1080 g/mol. The molecule has 87 heavy (non-hydrogen) atoms. The molecule has 0 saturated carbocycles. The lowest BCUT2D eigenvalue weighted by molar-refractivity contribution is -0.302. The number of rotatable bonds is 68. The Balaban J connectivity index is 2.09. The minimum Gasteiger partial charge on any atom is -0.394 e. The Bertz CT molecular complexity index is 1520. The van der Waals surface area contributed by atoms with Crippen LogP contribution in [0.3, 0.4) is 0 Å². The van der Waals surface area contributed by atoms with Gasteiger partial charge in [0.2, 0.25) is 5.91 Å². The minimum atomic E-state index is -1.57. The number of ether oxygens (including phenoxy) is 2. The van der Waals surface area contributed by atoms with E-state index in [2.05, 4.69) is 55.6 Å². The minimum absolute atomic E-state index is 0.179. The van der Waals surface area contributed by atoms with Crippen LogP contribution in [0.2, 0.25) is 0 Å². The molecule has 7 unspecified atom stereocenters. The van der Waals surface area contributed by atoms with Crippen LogP contribution in [0.15, 0.2) is 48.6 Å². The highest BCUT2D eigenvalue weighted by Gasteiger charge is 2.44. The molecule has 0 bridgehead atoms. The number of aliphatic hydroxyl groups is 5. The van der Waals surface area contributed by atoms with Crippen LogP contribution in [0.4, 0.5) is 0 Å². The fourth-order valence-corrected chi connectivity index (χ4v) is 12.4. The Morgan fingerprint density at radius 2 is 0.690 bits per heavy atom. The highest BCUT2D eigenvalue weighted by molar-refractivity contribution is 5.76. The normalized spacial score (nSPS) is 18.2. The van der Waals surface area contributed by atoms with Crippen molar-refractivity contribution in [3.8, 4) is 0 Å². The number of carbonyl (C=O) groups excluding carboxylic acids is 1. The third-order valence-corrected chi connectivity index (χ3v) is 18.4. The Hall–Kier alpha value is -1.85. The lowest BCUT2D eigenvalue weighted by Gasteiger charge is -2.40. The summed E-state index contributed by atoms with van der Waals surface area (Å²) in [5, 5.41) is 54.8. The van der Waals surface area contributed by atoms with Crippen molar-refractivity contribution in [1.82, 2.24) is 5.32 Å². The Morgan fingerprint density at radius 1 is 0.391 bits per heavy atom. The van der Waals surface area contributed by atoms with Gasteiger partial charge >= 0.3 is 0 Å². The van der Waals surface area contributed by atoms with Gasteiger partial charge in [0, 0.05) is 6.42 Å². The molecule has 1 heterocycles. The fourth-order valence-electron chi connectivity index (χ4n) is 12.4. The summed E-state index contributed by atoms with van der Waals surface area (Å²) in [6.07, 6.45) is 85.4. The second kappa shape index (κ2) is 67.1. The molecule has 6 N–H and O–H groups in total. The second-order valence-corrected chi connectivity index (χ2v) is 26.8. The van der Waals surface area contributed by atoms with Crippen molar-refractivity contribution in [3.05, 3.63) is 48.6 Å². The predicted octanol–water partition coefficient (Wildman–Crippen LogP) is 21.5. The SMILES string of the molecule is CCCCCCC/C=C\C/C=C\CCCCCCCCCCCCCCCCCCCCCCCCCC(=O)NC(COC1OC(CO)C(O)C(O)C1O)C(O)/C=C/CC/C=C/CCCCCCCCCCCCCCCCCCCCCCCCC. The molecule has 9 heteroatoms. The summed E-state index contributed by atoms with van der Waals surface area (Å²) in [6, 6.07) is -0.823. The van der Waals surface area contributed by atoms with Gasteiger partial charge in [-0.1, -0.05) is 364 Å². The van der Waals surface area contributed by atoms with Crippen molar-refractivity contribution < 1.29 is 39.8 Å². The molecule has 1 rings (SSSR count). The van der Waals surface area contributed by atoms with Gasteiger partial charge in [0.1, 0.15) is 24.4 Å². The van der Waals surface area contributed by atoms with Gasteiger partial charge in [-0.3, -0.25) is 4.79 Å². The molecule has 1 aliphatic heterocycles. The lowest BCUT2D eigenvalue weighted by Crippen LogP contribution is -2.60. The number of unbranched alkanes of at least 4 members (excludes halogenated alkanes) is 52. The maximum atomic E-state index is 13.2. The molecule has 0 radical (unpaired) electrons. The van der Waals surface area contributed by atoms with Crippen molar-refractivity contribution in [3.63, 3.8) is 0 Å². The number of carbonyl (C=O) groups is 1. The van der Waals surface area contributed by atoms with E-state index in [9.17, 15) is 30.3 Å². The molecule has 1 aliphatic rings. The van der Waals surface area contributed by atoms with E-state index in [0.717, 1.165) is 44.9 Å². The molecular formula is C78H147NO8. The van der Waals surface area contributed by atoms with Crippen molar-refractivity contribution in [2.24, 2.45) is 0 Å². The van der Waals surface area contributed by atoms with E-state index in [1.54, 1.807) is 6.08 Å². The molecule has 0 spiro atoms. The summed E-state index contributed by atoms with van der Waals surface area (Å²) in [5.74, 6) is -0.179. The van der Waals surface area contributed by atoms with Crippen LogP contribution in [-0.2, 0) is 14.3 Å². The Labute approximate surface area is 539 Å². The largest absolute Gasteiger partial charge is 0.394 e. The second-order valence-electron chi connectivity index (χ2n) is 26.8. The topological polar surface area (TPSA) is 149 Å². The molecule has 0 aliphatic carbocycles. The smallest absolute Gasteiger partial charge is 0.220 e. The molecule has 0 aromatic heterocycles. The molecule has 0 aromatic carbocycles. The van der Waals surface area contributed by atoms with Crippen LogP contribution in [0, 0.1) is 0 Å². The van der Waals surface area contributed by atoms with Gasteiger partial charge in [-0.2, -0.15) is 0 Å². The molecule has 7 atom stereocenters. The Kier molecular flexibility index (Phi) is 64.1. The molecule has 0 aromatic rings. The van der Waals surface area contributed by atoms with Crippen LogP contribution in [0.5, 0.6) is 0 Å². The van der Waals surface area contributed by atoms with E-state index in [4.69, 9.17) is 9.47 Å². The van der Waals surface area contributed by atoms with Crippen molar-refractivity contribution in [2.45, 2.75) is 429 Å². The molecule has 9 nitrogen and oxygen atoms in total. The Morgan fingerprint density at radius 3 is 1.03 bits per heavy atom. The van der Waals surface area contributed by atoms with Crippen LogP contribution < -0.4 is 5.32 Å².